The molecule has 128 valence electrons. The Bertz CT molecular complexity index is 809. The summed E-state index contributed by atoms with van der Waals surface area (Å²) < 4.78 is 0. The first-order chi connectivity index (χ1) is 12.0. The smallest absolute Gasteiger partial charge is 0.318 e. The van der Waals surface area contributed by atoms with Crippen LogP contribution in [0.4, 0.5) is 0 Å². The zero-order valence-corrected chi connectivity index (χ0v) is 14.2. The lowest BCUT2D eigenvalue weighted by Crippen LogP contribution is -2.15. The van der Waals surface area contributed by atoms with E-state index < -0.39 is 11.9 Å². The molecule has 25 heavy (non-hydrogen) atoms. The van der Waals surface area contributed by atoms with Crippen LogP contribution < -0.4 is 0 Å². The molecular formula is C19H18N2O4. The van der Waals surface area contributed by atoms with Crippen molar-refractivity contribution in [3.63, 3.8) is 0 Å². The molecule has 0 aliphatic heterocycles. The number of hydrogen-bond acceptors (Lipinski definition) is 6. The molecule has 0 N–H and O–H groups in total. The van der Waals surface area contributed by atoms with E-state index in [0.29, 0.717) is 17.0 Å². The third kappa shape index (κ3) is 5.39. The van der Waals surface area contributed by atoms with E-state index >= 15 is 0 Å². The Labute approximate surface area is 145 Å². The molecular weight excluding hydrogens is 320 g/mol. The van der Waals surface area contributed by atoms with E-state index in [0.717, 1.165) is 11.1 Å². The molecule has 0 aliphatic carbocycles. The Kier molecular flexibility index (Phi) is 6.17. The number of nitrogens with zero attached hydrogens (tertiary/aromatic N) is 2. The van der Waals surface area contributed by atoms with Gasteiger partial charge < -0.3 is 9.68 Å². The Morgan fingerprint density at radius 2 is 1.24 bits per heavy atom. The second-order valence-corrected chi connectivity index (χ2v) is 5.23. The summed E-state index contributed by atoms with van der Waals surface area (Å²) in [7, 11) is 0. The van der Waals surface area contributed by atoms with Crippen molar-refractivity contribution in [3.8, 4) is 11.1 Å². The summed E-state index contributed by atoms with van der Waals surface area (Å²) in [6, 6.07) is 17.4. The fourth-order valence-electron chi connectivity index (χ4n) is 2.06. The van der Waals surface area contributed by atoms with Crippen molar-refractivity contribution in [1.29, 1.82) is 0 Å². The van der Waals surface area contributed by atoms with Gasteiger partial charge in [0.2, 0.25) is 0 Å². The van der Waals surface area contributed by atoms with E-state index in [4.69, 9.17) is 4.84 Å². The summed E-state index contributed by atoms with van der Waals surface area (Å²) in [6.45, 7) is 4.10. The Balaban J connectivity index is 2.34. The van der Waals surface area contributed by atoms with Gasteiger partial charge in [0.25, 0.3) is 0 Å². The molecule has 6 heteroatoms. The maximum absolute atomic E-state index is 11.1. The molecule has 0 radical (unpaired) electrons. The molecule has 0 spiro atoms. The fraction of sp³-hybridized carbons (Fsp3) is 0.158. The molecule has 0 heterocycles. The quantitative estimate of drug-likeness (QED) is 0.474. The highest BCUT2D eigenvalue weighted by Crippen LogP contribution is 2.19. The van der Waals surface area contributed by atoms with Crippen LogP contribution >= 0.6 is 0 Å². The van der Waals surface area contributed by atoms with Gasteiger partial charge in [-0.1, -0.05) is 64.9 Å². The second kappa shape index (κ2) is 8.54. The molecule has 0 unspecified atom stereocenters. The Morgan fingerprint density at radius 1 is 0.720 bits per heavy atom. The fourth-order valence-corrected chi connectivity index (χ4v) is 2.06. The molecule has 0 fully saturated rings. The lowest BCUT2D eigenvalue weighted by atomic mass is 10.0. The highest BCUT2D eigenvalue weighted by atomic mass is 16.7. The first-order valence-electron chi connectivity index (χ1n) is 7.61. The van der Waals surface area contributed by atoms with Crippen LogP contribution in [0.1, 0.15) is 26.3 Å². The molecule has 0 atom stereocenters. The van der Waals surface area contributed by atoms with E-state index in [1.807, 2.05) is 54.6 Å². The minimum absolute atomic E-state index is 0.302. The van der Waals surface area contributed by atoms with Crippen LogP contribution in [-0.2, 0) is 19.3 Å². The van der Waals surface area contributed by atoms with Crippen LogP contribution in [-0.4, -0.2) is 23.4 Å². The molecule has 0 aromatic heterocycles. The van der Waals surface area contributed by atoms with Crippen molar-refractivity contribution in [2.24, 2.45) is 10.3 Å². The third-order valence-electron chi connectivity index (χ3n) is 3.18. The van der Waals surface area contributed by atoms with Crippen LogP contribution in [0.25, 0.3) is 11.1 Å². The average molecular weight is 338 g/mol. The largest absolute Gasteiger partial charge is 0.332 e. The summed E-state index contributed by atoms with van der Waals surface area (Å²) in [5.41, 5.74) is 3.40. The van der Waals surface area contributed by atoms with E-state index in [-0.39, 0.29) is 0 Å². The standard InChI is InChI=1S/C19H18N2O4/c1-13(20-24-14(2)22)19(21-25-15(3)23)18-11-9-17(10-12-18)16-7-5-4-6-8-16/h4-12H,1-3H3/b20-13+,21-19+. The van der Waals surface area contributed by atoms with Gasteiger partial charge in [0, 0.05) is 19.4 Å². The number of oxime groups is 2. The molecule has 0 saturated heterocycles. The second-order valence-electron chi connectivity index (χ2n) is 5.23. The predicted molar refractivity (Wildman–Crippen MR) is 95.1 cm³/mol. The summed E-state index contributed by atoms with van der Waals surface area (Å²) in [4.78, 5) is 31.3. The topological polar surface area (TPSA) is 77.3 Å². The van der Waals surface area contributed by atoms with Crippen molar-refractivity contribution in [2.75, 3.05) is 0 Å². The van der Waals surface area contributed by atoms with Crippen LogP contribution in [0.2, 0.25) is 0 Å². The molecule has 2 aromatic carbocycles. The number of benzene rings is 2. The lowest BCUT2D eigenvalue weighted by molar-refractivity contribution is -0.142. The number of hydrogen-bond donors (Lipinski definition) is 0. The highest BCUT2D eigenvalue weighted by Gasteiger charge is 2.11. The zero-order chi connectivity index (χ0) is 18.2. The van der Waals surface area contributed by atoms with E-state index in [2.05, 4.69) is 15.1 Å². The number of carbonyl (C=O) groups excluding carboxylic acids is 2. The van der Waals surface area contributed by atoms with Gasteiger partial charge in [-0.15, -0.1) is 0 Å². The van der Waals surface area contributed by atoms with Crippen LogP contribution in [0.5, 0.6) is 0 Å². The van der Waals surface area contributed by atoms with Crippen LogP contribution in [0, 0.1) is 0 Å². The molecule has 0 saturated carbocycles. The summed E-state index contributed by atoms with van der Waals surface area (Å²) in [5.74, 6) is -1.11. The molecule has 0 aliphatic rings. The number of rotatable bonds is 5. The van der Waals surface area contributed by atoms with Crippen molar-refractivity contribution < 1.29 is 19.3 Å². The van der Waals surface area contributed by atoms with Crippen molar-refractivity contribution in [3.05, 3.63) is 60.2 Å². The van der Waals surface area contributed by atoms with Gasteiger partial charge in [0.1, 0.15) is 11.4 Å². The zero-order valence-electron chi connectivity index (χ0n) is 14.2. The first kappa shape index (κ1) is 18.1. The van der Waals surface area contributed by atoms with Crippen molar-refractivity contribution >= 4 is 23.4 Å². The minimum Gasteiger partial charge on any atom is -0.318 e. The SMILES string of the molecule is CC(=O)O/N=C(\C(C)=N\OC(C)=O)c1ccc(-c2ccccc2)cc1. The van der Waals surface area contributed by atoms with Crippen LogP contribution in [0.15, 0.2) is 64.9 Å². The van der Waals surface area contributed by atoms with Crippen LogP contribution in [0.3, 0.4) is 0 Å². The van der Waals surface area contributed by atoms with Gasteiger partial charge in [-0.2, -0.15) is 0 Å². The van der Waals surface area contributed by atoms with Gasteiger partial charge in [-0.05, 0) is 18.1 Å². The normalized spacial score (nSPS) is 11.8. The molecule has 0 bridgehead atoms. The molecule has 0 amide bonds. The highest BCUT2D eigenvalue weighted by molar-refractivity contribution is 6.47. The van der Waals surface area contributed by atoms with Gasteiger partial charge in [-0.3, -0.25) is 0 Å². The lowest BCUT2D eigenvalue weighted by Gasteiger charge is -2.07. The van der Waals surface area contributed by atoms with E-state index in [9.17, 15) is 9.59 Å². The average Bonchev–Trinajstić information content (AvgIpc) is 2.61. The van der Waals surface area contributed by atoms with Gasteiger partial charge in [-0.25, -0.2) is 9.59 Å². The first-order valence-corrected chi connectivity index (χ1v) is 7.61. The molecule has 6 nitrogen and oxygen atoms in total. The predicted octanol–water partition coefficient (Wildman–Crippen LogP) is 3.56. The Hall–Kier alpha value is -3.28. The van der Waals surface area contributed by atoms with Crippen molar-refractivity contribution in [2.45, 2.75) is 20.8 Å². The van der Waals surface area contributed by atoms with Gasteiger partial charge in [0.05, 0.1) is 0 Å². The van der Waals surface area contributed by atoms with Gasteiger partial charge in [0.15, 0.2) is 0 Å². The van der Waals surface area contributed by atoms with E-state index in [1.54, 1.807) is 6.92 Å². The Morgan fingerprint density at radius 3 is 1.80 bits per heavy atom. The summed E-state index contributed by atoms with van der Waals surface area (Å²) in [6.07, 6.45) is 0. The monoisotopic (exact) mass is 338 g/mol. The summed E-state index contributed by atoms with van der Waals surface area (Å²) >= 11 is 0. The minimum atomic E-state index is -0.557. The summed E-state index contributed by atoms with van der Waals surface area (Å²) in [5, 5.41) is 7.52. The maximum Gasteiger partial charge on any atom is 0.332 e. The molecule has 2 aromatic rings. The molecule has 2 rings (SSSR count). The van der Waals surface area contributed by atoms with E-state index in [1.165, 1.54) is 13.8 Å². The van der Waals surface area contributed by atoms with Crippen molar-refractivity contribution in [1.82, 2.24) is 0 Å². The van der Waals surface area contributed by atoms with Gasteiger partial charge >= 0.3 is 11.9 Å². The maximum atomic E-state index is 11.1. The number of carbonyl (C=O) groups is 2. The third-order valence-corrected chi connectivity index (χ3v) is 3.18.